The van der Waals surface area contributed by atoms with Crippen molar-refractivity contribution in [1.82, 2.24) is 4.98 Å². The molecule has 0 saturated heterocycles. The van der Waals surface area contributed by atoms with Gasteiger partial charge in [0.2, 0.25) is 5.95 Å². The van der Waals surface area contributed by atoms with Gasteiger partial charge in [0.1, 0.15) is 11.3 Å². The molecule has 0 fully saturated rings. The number of para-hydroxylation sites is 1. The fourth-order valence-corrected chi connectivity index (χ4v) is 2.00. The summed E-state index contributed by atoms with van der Waals surface area (Å²) in [5, 5.41) is 4.30. The third kappa shape index (κ3) is 2.42. The highest BCUT2D eigenvalue weighted by Gasteiger charge is 2.11. The van der Waals surface area contributed by atoms with Crippen molar-refractivity contribution in [3.63, 3.8) is 0 Å². The van der Waals surface area contributed by atoms with Crippen LogP contribution in [0.2, 0.25) is 0 Å². The Kier molecular flexibility index (Phi) is 2.91. The number of aromatic nitrogens is 1. The number of hydrogen-bond acceptors (Lipinski definition) is 3. The molecule has 2 heterocycles. The SMILES string of the molecule is CC(Nc1ccc(F)nc1)c1cc2ccccc2o1. The highest BCUT2D eigenvalue weighted by atomic mass is 19.1. The fourth-order valence-electron chi connectivity index (χ4n) is 2.00. The van der Waals surface area contributed by atoms with Gasteiger partial charge in [-0.3, -0.25) is 0 Å². The normalized spacial score (nSPS) is 12.5. The molecule has 0 radical (unpaired) electrons. The van der Waals surface area contributed by atoms with E-state index in [2.05, 4.69) is 10.3 Å². The Morgan fingerprint density at radius 1 is 1.21 bits per heavy atom. The molecular formula is C15H13FN2O. The van der Waals surface area contributed by atoms with E-state index in [-0.39, 0.29) is 6.04 Å². The van der Waals surface area contributed by atoms with Crippen LogP contribution in [0.15, 0.2) is 53.1 Å². The molecule has 3 rings (SSSR count). The summed E-state index contributed by atoms with van der Waals surface area (Å²) in [6, 6.07) is 12.8. The van der Waals surface area contributed by atoms with Crippen molar-refractivity contribution < 1.29 is 8.81 Å². The zero-order chi connectivity index (χ0) is 13.2. The van der Waals surface area contributed by atoms with Crippen LogP contribution in [0.5, 0.6) is 0 Å². The molecule has 1 unspecified atom stereocenters. The van der Waals surface area contributed by atoms with Gasteiger partial charge in [-0.2, -0.15) is 4.39 Å². The summed E-state index contributed by atoms with van der Waals surface area (Å²) in [5.74, 6) is 0.354. The molecule has 0 saturated carbocycles. The highest BCUT2D eigenvalue weighted by Crippen LogP contribution is 2.25. The molecular weight excluding hydrogens is 243 g/mol. The first-order chi connectivity index (χ1) is 9.22. The number of benzene rings is 1. The van der Waals surface area contributed by atoms with Crippen LogP contribution in [-0.2, 0) is 0 Å². The third-order valence-electron chi connectivity index (χ3n) is 2.98. The van der Waals surface area contributed by atoms with E-state index in [0.29, 0.717) is 0 Å². The van der Waals surface area contributed by atoms with Crippen LogP contribution in [0.1, 0.15) is 18.7 Å². The third-order valence-corrected chi connectivity index (χ3v) is 2.98. The van der Waals surface area contributed by atoms with Gasteiger partial charge in [0.05, 0.1) is 17.9 Å². The molecule has 0 aliphatic heterocycles. The van der Waals surface area contributed by atoms with Gasteiger partial charge in [0.15, 0.2) is 0 Å². The van der Waals surface area contributed by atoms with E-state index in [1.54, 1.807) is 6.07 Å². The van der Waals surface area contributed by atoms with E-state index in [9.17, 15) is 4.39 Å². The van der Waals surface area contributed by atoms with Gasteiger partial charge in [-0.05, 0) is 31.2 Å². The number of anilines is 1. The van der Waals surface area contributed by atoms with E-state index in [4.69, 9.17) is 4.42 Å². The molecule has 3 aromatic rings. The Morgan fingerprint density at radius 3 is 2.79 bits per heavy atom. The predicted molar refractivity (Wildman–Crippen MR) is 72.4 cm³/mol. The van der Waals surface area contributed by atoms with Crippen molar-refractivity contribution in [2.45, 2.75) is 13.0 Å². The lowest BCUT2D eigenvalue weighted by Gasteiger charge is -2.12. The Hall–Kier alpha value is -2.36. The summed E-state index contributed by atoms with van der Waals surface area (Å²) in [6.45, 7) is 1.99. The van der Waals surface area contributed by atoms with Gasteiger partial charge in [-0.15, -0.1) is 0 Å². The summed E-state index contributed by atoms with van der Waals surface area (Å²) < 4.78 is 18.5. The minimum Gasteiger partial charge on any atom is -0.459 e. The van der Waals surface area contributed by atoms with Crippen molar-refractivity contribution >= 4 is 16.7 Å². The number of halogens is 1. The zero-order valence-electron chi connectivity index (χ0n) is 10.4. The Balaban J connectivity index is 1.83. The quantitative estimate of drug-likeness (QED) is 0.716. The molecule has 2 aromatic heterocycles. The molecule has 4 heteroatoms. The molecule has 0 amide bonds. The van der Waals surface area contributed by atoms with E-state index in [1.165, 1.54) is 12.3 Å². The van der Waals surface area contributed by atoms with E-state index in [1.807, 2.05) is 37.3 Å². The molecule has 1 atom stereocenters. The summed E-state index contributed by atoms with van der Waals surface area (Å²) in [7, 11) is 0. The van der Waals surface area contributed by atoms with Crippen LogP contribution in [0.3, 0.4) is 0 Å². The second-order valence-corrected chi connectivity index (χ2v) is 4.42. The predicted octanol–water partition coefficient (Wildman–Crippen LogP) is 4.14. The number of pyridine rings is 1. The number of hydrogen-bond donors (Lipinski definition) is 1. The first-order valence-electron chi connectivity index (χ1n) is 6.09. The molecule has 0 bridgehead atoms. The standard InChI is InChI=1S/C15H13FN2O/c1-10(18-12-6-7-15(16)17-9-12)14-8-11-4-2-3-5-13(11)19-14/h2-10,18H,1H3. The molecule has 1 aromatic carbocycles. The number of nitrogens with zero attached hydrogens (tertiary/aromatic N) is 1. The summed E-state index contributed by atoms with van der Waals surface area (Å²) >= 11 is 0. The molecule has 96 valence electrons. The van der Waals surface area contributed by atoms with E-state index < -0.39 is 5.95 Å². The average Bonchev–Trinajstić information content (AvgIpc) is 2.85. The van der Waals surface area contributed by atoms with Crippen LogP contribution < -0.4 is 5.32 Å². The second-order valence-electron chi connectivity index (χ2n) is 4.42. The minimum absolute atomic E-state index is 0.0142. The number of fused-ring (bicyclic) bond motifs is 1. The van der Waals surface area contributed by atoms with Gasteiger partial charge in [0.25, 0.3) is 0 Å². The van der Waals surface area contributed by atoms with Crippen molar-refractivity contribution in [2.75, 3.05) is 5.32 Å². The zero-order valence-corrected chi connectivity index (χ0v) is 10.4. The molecule has 19 heavy (non-hydrogen) atoms. The van der Waals surface area contributed by atoms with Crippen LogP contribution in [0.25, 0.3) is 11.0 Å². The van der Waals surface area contributed by atoms with E-state index >= 15 is 0 Å². The van der Waals surface area contributed by atoms with Crippen molar-refractivity contribution in [1.29, 1.82) is 0 Å². The number of rotatable bonds is 3. The summed E-state index contributed by atoms with van der Waals surface area (Å²) in [4.78, 5) is 3.61. The van der Waals surface area contributed by atoms with Crippen LogP contribution in [0.4, 0.5) is 10.1 Å². The number of furan rings is 1. The highest BCUT2D eigenvalue weighted by molar-refractivity contribution is 5.77. The lowest BCUT2D eigenvalue weighted by Crippen LogP contribution is -2.05. The van der Waals surface area contributed by atoms with Crippen LogP contribution in [0, 0.1) is 5.95 Å². The number of nitrogens with one attached hydrogen (secondary N) is 1. The minimum atomic E-state index is -0.484. The van der Waals surface area contributed by atoms with Crippen molar-refractivity contribution in [3.8, 4) is 0 Å². The topological polar surface area (TPSA) is 38.1 Å². The Morgan fingerprint density at radius 2 is 2.05 bits per heavy atom. The molecule has 0 aliphatic rings. The van der Waals surface area contributed by atoms with Gasteiger partial charge in [-0.25, -0.2) is 4.98 Å². The summed E-state index contributed by atoms with van der Waals surface area (Å²) in [5.41, 5.74) is 1.62. The molecule has 0 spiro atoms. The van der Waals surface area contributed by atoms with Gasteiger partial charge in [0, 0.05) is 5.39 Å². The summed E-state index contributed by atoms with van der Waals surface area (Å²) in [6.07, 6.45) is 1.47. The maximum Gasteiger partial charge on any atom is 0.212 e. The smallest absolute Gasteiger partial charge is 0.212 e. The first-order valence-corrected chi connectivity index (χ1v) is 6.09. The fraction of sp³-hybridized carbons (Fsp3) is 0.133. The van der Waals surface area contributed by atoms with Crippen molar-refractivity contribution in [3.05, 3.63) is 60.4 Å². The first kappa shape index (κ1) is 11.7. The van der Waals surface area contributed by atoms with Crippen molar-refractivity contribution in [2.24, 2.45) is 0 Å². The largest absolute Gasteiger partial charge is 0.459 e. The lowest BCUT2D eigenvalue weighted by atomic mass is 10.2. The average molecular weight is 256 g/mol. The Bertz CT molecular complexity index is 658. The monoisotopic (exact) mass is 256 g/mol. The maximum atomic E-state index is 12.7. The Labute approximate surface area is 110 Å². The van der Waals surface area contributed by atoms with Gasteiger partial charge in [-0.1, -0.05) is 18.2 Å². The van der Waals surface area contributed by atoms with Gasteiger partial charge < -0.3 is 9.73 Å². The van der Waals surface area contributed by atoms with Crippen LogP contribution >= 0.6 is 0 Å². The second kappa shape index (κ2) is 4.72. The lowest BCUT2D eigenvalue weighted by molar-refractivity contribution is 0.526. The van der Waals surface area contributed by atoms with E-state index in [0.717, 1.165) is 22.4 Å². The molecule has 0 aliphatic carbocycles. The molecule has 1 N–H and O–H groups in total. The van der Waals surface area contributed by atoms with Gasteiger partial charge >= 0.3 is 0 Å². The molecule has 3 nitrogen and oxygen atoms in total. The maximum absolute atomic E-state index is 12.7. The van der Waals surface area contributed by atoms with Crippen LogP contribution in [-0.4, -0.2) is 4.98 Å².